The number of rotatable bonds is 5. The first kappa shape index (κ1) is 16.7. The van der Waals surface area contributed by atoms with Crippen molar-refractivity contribution in [2.24, 2.45) is 5.73 Å². The quantitative estimate of drug-likeness (QED) is 0.818. The Morgan fingerprint density at radius 1 is 1.08 bits per heavy atom. The lowest BCUT2D eigenvalue weighted by molar-refractivity contribution is 0.297. The van der Waals surface area contributed by atoms with Crippen LogP contribution in [0.5, 0.6) is 11.5 Å². The van der Waals surface area contributed by atoms with Crippen molar-refractivity contribution in [2.75, 3.05) is 19.0 Å². The van der Waals surface area contributed by atoms with Crippen LogP contribution in [-0.4, -0.2) is 29.1 Å². The first-order valence-corrected chi connectivity index (χ1v) is 9.86. The second-order valence-electron chi connectivity index (χ2n) is 6.63. The molecule has 25 heavy (non-hydrogen) atoms. The molecule has 0 radical (unpaired) electrons. The molecule has 2 aliphatic rings. The van der Waals surface area contributed by atoms with E-state index in [1.54, 1.807) is 11.8 Å². The number of nitrogens with two attached hydrogens (primary N) is 1. The monoisotopic (exact) mass is 361 g/mol. The van der Waals surface area contributed by atoms with Gasteiger partial charge in [0.15, 0.2) is 17.3 Å². The first-order chi connectivity index (χ1) is 12.2. The van der Waals surface area contributed by atoms with Gasteiger partial charge in [-0.2, -0.15) is 4.98 Å². The van der Waals surface area contributed by atoms with Crippen molar-refractivity contribution < 1.29 is 14.0 Å². The molecule has 6 nitrogen and oxygen atoms in total. The minimum absolute atomic E-state index is 0.386. The Morgan fingerprint density at radius 3 is 2.72 bits per heavy atom. The van der Waals surface area contributed by atoms with Crippen LogP contribution >= 0.6 is 11.8 Å². The van der Waals surface area contributed by atoms with Crippen LogP contribution in [0.25, 0.3) is 0 Å². The number of aryl methyl sites for hydroxylation is 1. The molecular weight excluding hydrogens is 338 g/mol. The molecule has 1 fully saturated rings. The van der Waals surface area contributed by atoms with E-state index in [0.29, 0.717) is 24.9 Å². The SMILES string of the molecule is NC1(c2noc(CCSc3ccc4c(c3)OCCCO4)n2)CCCC1. The van der Waals surface area contributed by atoms with Crippen LogP contribution in [0.4, 0.5) is 0 Å². The highest BCUT2D eigenvalue weighted by Gasteiger charge is 2.35. The Hall–Kier alpha value is -1.73. The van der Waals surface area contributed by atoms with Crippen LogP contribution in [0.3, 0.4) is 0 Å². The van der Waals surface area contributed by atoms with E-state index >= 15 is 0 Å². The Kier molecular flexibility index (Phi) is 4.85. The lowest BCUT2D eigenvalue weighted by Crippen LogP contribution is -2.34. The minimum Gasteiger partial charge on any atom is -0.490 e. The van der Waals surface area contributed by atoms with E-state index in [2.05, 4.69) is 16.2 Å². The molecule has 7 heteroatoms. The molecule has 4 rings (SSSR count). The standard InChI is InChI=1S/C18H23N3O3S/c19-18(7-1-2-8-18)17-20-16(24-21-17)6-11-25-13-4-5-14-15(12-13)23-10-3-9-22-14/h4-5,12H,1-3,6-11,19H2. The van der Waals surface area contributed by atoms with Crippen molar-refractivity contribution in [1.29, 1.82) is 0 Å². The van der Waals surface area contributed by atoms with Gasteiger partial charge in [0.05, 0.1) is 18.8 Å². The van der Waals surface area contributed by atoms with Crippen LogP contribution in [0.2, 0.25) is 0 Å². The van der Waals surface area contributed by atoms with E-state index in [1.165, 1.54) is 0 Å². The van der Waals surface area contributed by atoms with Gasteiger partial charge in [-0.25, -0.2) is 0 Å². The summed E-state index contributed by atoms with van der Waals surface area (Å²) in [5, 5.41) is 4.11. The third-order valence-electron chi connectivity index (χ3n) is 4.71. The molecule has 2 aromatic rings. The lowest BCUT2D eigenvalue weighted by Gasteiger charge is -2.17. The lowest BCUT2D eigenvalue weighted by atomic mass is 9.99. The summed E-state index contributed by atoms with van der Waals surface area (Å²) in [5.41, 5.74) is 5.99. The summed E-state index contributed by atoms with van der Waals surface area (Å²) in [6.07, 6.45) is 5.80. The van der Waals surface area contributed by atoms with Gasteiger partial charge in [0.1, 0.15) is 0 Å². The molecule has 134 valence electrons. The fourth-order valence-electron chi connectivity index (χ4n) is 3.28. The maximum absolute atomic E-state index is 6.38. The van der Waals surface area contributed by atoms with Gasteiger partial charge in [0.2, 0.25) is 5.89 Å². The number of thioether (sulfide) groups is 1. The van der Waals surface area contributed by atoms with Crippen LogP contribution in [0, 0.1) is 0 Å². The van der Waals surface area contributed by atoms with Crippen molar-refractivity contribution in [1.82, 2.24) is 10.1 Å². The summed E-state index contributed by atoms with van der Waals surface area (Å²) >= 11 is 1.74. The molecule has 0 unspecified atom stereocenters. The second-order valence-corrected chi connectivity index (χ2v) is 7.80. The summed E-state index contributed by atoms with van der Waals surface area (Å²) in [7, 11) is 0. The largest absolute Gasteiger partial charge is 0.490 e. The molecule has 0 bridgehead atoms. The van der Waals surface area contributed by atoms with Gasteiger partial charge in [-0.3, -0.25) is 0 Å². The Labute approximate surface area is 151 Å². The van der Waals surface area contributed by atoms with Crippen LogP contribution < -0.4 is 15.2 Å². The summed E-state index contributed by atoms with van der Waals surface area (Å²) in [4.78, 5) is 5.67. The molecule has 2 heterocycles. The molecule has 0 atom stereocenters. The zero-order valence-electron chi connectivity index (χ0n) is 14.2. The van der Waals surface area contributed by atoms with Gasteiger partial charge in [0.25, 0.3) is 0 Å². The van der Waals surface area contributed by atoms with Crippen molar-refractivity contribution in [2.45, 2.75) is 49.0 Å². The molecule has 1 aliphatic heterocycles. The molecule has 0 saturated heterocycles. The maximum Gasteiger partial charge on any atom is 0.227 e. The topological polar surface area (TPSA) is 83.4 Å². The number of ether oxygens (including phenoxy) is 2. The highest BCUT2D eigenvalue weighted by molar-refractivity contribution is 7.99. The molecule has 1 aliphatic carbocycles. The van der Waals surface area contributed by atoms with Gasteiger partial charge in [0, 0.05) is 23.5 Å². The zero-order chi connectivity index (χ0) is 17.1. The van der Waals surface area contributed by atoms with Crippen LogP contribution in [0.1, 0.15) is 43.8 Å². The fraction of sp³-hybridized carbons (Fsp3) is 0.556. The van der Waals surface area contributed by atoms with Gasteiger partial charge in [-0.05, 0) is 31.0 Å². The van der Waals surface area contributed by atoms with Crippen molar-refractivity contribution in [3.8, 4) is 11.5 Å². The predicted molar refractivity (Wildman–Crippen MR) is 95.1 cm³/mol. The highest BCUT2D eigenvalue weighted by atomic mass is 32.2. The zero-order valence-corrected chi connectivity index (χ0v) is 15.0. The average Bonchev–Trinajstić information content (AvgIpc) is 3.20. The fourth-order valence-corrected chi connectivity index (χ4v) is 4.14. The molecule has 1 aromatic carbocycles. The number of benzene rings is 1. The van der Waals surface area contributed by atoms with Crippen molar-refractivity contribution >= 4 is 11.8 Å². The van der Waals surface area contributed by atoms with E-state index in [-0.39, 0.29) is 5.54 Å². The van der Waals surface area contributed by atoms with E-state index in [0.717, 1.165) is 60.7 Å². The Morgan fingerprint density at radius 2 is 1.88 bits per heavy atom. The normalized spacial score (nSPS) is 18.9. The molecule has 2 N–H and O–H groups in total. The molecular formula is C18H23N3O3S. The van der Waals surface area contributed by atoms with Crippen molar-refractivity contribution in [3.63, 3.8) is 0 Å². The van der Waals surface area contributed by atoms with E-state index in [4.69, 9.17) is 19.7 Å². The number of nitrogens with zero attached hydrogens (tertiary/aromatic N) is 2. The number of hydrogen-bond acceptors (Lipinski definition) is 7. The summed E-state index contributed by atoms with van der Waals surface area (Å²) in [6.45, 7) is 1.41. The summed E-state index contributed by atoms with van der Waals surface area (Å²) < 4.78 is 16.8. The number of hydrogen-bond donors (Lipinski definition) is 1. The van der Waals surface area contributed by atoms with Crippen molar-refractivity contribution in [3.05, 3.63) is 29.9 Å². The third-order valence-corrected chi connectivity index (χ3v) is 5.71. The number of aromatic nitrogens is 2. The Balaban J connectivity index is 1.34. The first-order valence-electron chi connectivity index (χ1n) is 8.87. The van der Waals surface area contributed by atoms with E-state index < -0.39 is 0 Å². The summed E-state index contributed by atoms with van der Waals surface area (Å²) in [6, 6.07) is 6.08. The van der Waals surface area contributed by atoms with E-state index in [1.807, 2.05) is 12.1 Å². The Bertz CT molecular complexity index is 728. The average molecular weight is 361 g/mol. The number of fused-ring (bicyclic) bond motifs is 1. The van der Waals surface area contributed by atoms with Crippen LogP contribution in [-0.2, 0) is 12.0 Å². The predicted octanol–water partition coefficient (Wildman–Crippen LogP) is 3.29. The molecule has 0 amide bonds. The highest BCUT2D eigenvalue weighted by Crippen LogP contribution is 2.35. The smallest absolute Gasteiger partial charge is 0.227 e. The maximum atomic E-state index is 6.38. The van der Waals surface area contributed by atoms with E-state index in [9.17, 15) is 0 Å². The minimum atomic E-state index is -0.386. The second kappa shape index (κ2) is 7.25. The third kappa shape index (κ3) is 3.77. The molecule has 0 spiro atoms. The molecule has 1 saturated carbocycles. The van der Waals surface area contributed by atoms with Gasteiger partial charge in [-0.1, -0.05) is 18.0 Å². The van der Waals surface area contributed by atoms with Crippen LogP contribution in [0.15, 0.2) is 27.6 Å². The summed E-state index contributed by atoms with van der Waals surface area (Å²) in [5.74, 6) is 3.84. The molecule has 1 aromatic heterocycles. The van der Waals surface area contributed by atoms with Gasteiger partial charge < -0.3 is 19.7 Å². The van der Waals surface area contributed by atoms with Gasteiger partial charge in [-0.15, -0.1) is 11.8 Å². The van der Waals surface area contributed by atoms with Gasteiger partial charge >= 0.3 is 0 Å².